The van der Waals surface area contributed by atoms with Gasteiger partial charge in [0.1, 0.15) is 41.5 Å². The second kappa shape index (κ2) is 13.4. The zero-order valence-electron chi connectivity index (χ0n) is 26.4. The number of aromatic nitrogens is 4. The third kappa shape index (κ3) is 6.83. The molecule has 15 nitrogen and oxygen atoms in total. The largest absolute Gasteiger partial charge is 0.479 e. The zero-order chi connectivity index (χ0) is 33.3. The Kier molecular flexibility index (Phi) is 9.50. The number of methoxy groups -OCH3 is 1. The lowest BCUT2D eigenvalue weighted by Crippen LogP contribution is -2.44. The Labute approximate surface area is 270 Å². The number of hydrogen-bond donors (Lipinski definition) is 3. The molecule has 0 amide bonds. The van der Waals surface area contributed by atoms with Gasteiger partial charge in [0.05, 0.1) is 33.3 Å². The first-order valence-corrected chi connectivity index (χ1v) is 16.8. The standard InChI is InChI=1S/C31H38N5O10P/c1-18(29(38)44-21-12-14-42-15-13-21)35-47(40,46-23-11-7-9-20-8-5-6-10-22(20)23)43-16-24-26(37)31(3,39)30(45-24)36-17-32-25-27(36)33-19(2)34-28(25)41-4/h5-11,17-18,21,24,26,30,37,39H,12-16H2,1-4H3,(H,35,40)/t18-,24+,26+,30?,31+,47?/m0/s1. The molecule has 3 N–H and O–H groups in total. The number of hydrogen-bond acceptors (Lipinski definition) is 13. The summed E-state index contributed by atoms with van der Waals surface area (Å²) in [6.07, 6.45) is -1.67. The van der Waals surface area contributed by atoms with Gasteiger partial charge in [-0.25, -0.2) is 14.5 Å². The highest BCUT2D eigenvalue weighted by Crippen LogP contribution is 2.48. The minimum absolute atomic E-state index is 0.242. The number of ether oxygens (including phenoxy) is 4. The van der Waals surface area contributed by atoms with E-state index >= 15 is 0 Å². The molecule has 4 aromatic rings. The van der Waals surface area contributed by atoms with Gasteiger partial charge in [-0.3, -0.25) is 13.9 Å². The van der Waals surface area contributed by atoms with E-state index in [1.165, 1.54) is 31.9 Å². The predicted molar refractivity (Wildman–Crippen MR) is 168 cm³/mol. The summed E-state index contributed by atoms with van der Waals surface area (Å²) < 4.78 is 50.2. The van der Waals surface area contributed by atoms with E-state index < -0.39 is 50.4 Å². The smallest absolute Gasteiger partial charge is 0.459 e. The highest BCUT2D eigenvalue weighted by molar-refractivity contribution is 7.52. The second-order valence-corrected chi connectivity index (χ2v) is 13.5. The maximum atomic E-state index is 14.4. The van der Waals surface area contributed by atoms with Crippen molar-refractivity contribution in [2.45, 2.75) is 69.8 Å². The lowest BCUT2D eigenvalue weighted by Gasteiger charge is -2.28. The molecule has 16 heteroatoms. The van der Waals surface area contributed by atoms with Crippen LogP contribution >= 0.6 is 7.75 Å². The van der Waals surface area contributed by atoms with Crippen LogP contribution < -0.4 is 14.3 Å². The molecule has 6 rings (SSSR count). The number of rotatable bonds is 11. The van der Waals surface area contributed by atoms with Gasteiger partial charge in [-0.15, -0.1) is 0 Å². The molecule has 2 aliphatic rings. The Morgan fingerprint density at radius 2 is 1.94 bits per heavy atom. The van der Waals surface area contributed by atoms with E-state index in [4.69, 9.17) is 28.0 Å². The van der Waals surface area contributed by atoms with Crippen LogP contribution in [0.15, 0.2) is 48.8 Å². The number of aliphatic hydroxyl groups excluding tert-OH is 1. The van der Waals surface area contributed by atoms with Crippen LogP contribution in [0.25, 0.3) is 21.9 Å². The molecule has 2 saturated heterocycles. The van der Waals surface area contributed by atoms with Gasteiger partial charge in [0, 0.05) is 18.2 Å². The molecule has 6 atom stereocenters. The molecule has 2 aromatic heterocycles. The molecule has 2 fully saturated rings. The van der Waals surface area contributed by atoms with Crippen LogP contribution in [0, 0.1) is 6.92 Å². The number of imidazole rings is 1. The van der Waals surface area contributed by atoms with E-state index in [1.54, 1.807) is 25.1 Å². The van der Waals surface area contributed by atoms with Crippen molar-refractivity contribution in [1.82, 2.24) is 24.6 Å². The van der Waals surface area contributed by atoms with E-state index in [1.807, 2.05) is 24.3 Å². The van der Waals surface area contributed by atoms with Crippen LogP contribution in [0.4, 0.5) is 0 Å². The van der Waals surface area contributed by atoms with Crippen LogP contribution in [0.1, 0.15) is 38.7 Å². The Morgan fingerprint density at radius 1 is 1.19 bits per heavy atom. The van der Waals surface area contributed by atoms with E-state index in [2.05, 4.69) is 20.0 Å². The van der Waals surface area contributed by atoms with Gasteiger partial charge < -0.3 is 33.7 Å². The summed E-state index contributed by atoms with van der Waals surface area (Å²) >= 11 is 0. The number of nitrogens with one attached hydrogen (secondary N) is 1. The van der Waals surface area contributed by atoms with Gasteiger partial charge in [0.2, 0.25) is 5.88 Å². The van der Waals surface area contributed by atoms with Gasteiger partial charge in [-0.1, -0.05) is 36.4 Å². The van der Waals surface area contributed by atoms with Gasteiger partial charge in [0.25, 0.3) is 0 Å². The molecule has 47 heavy (non-hydrogen) atoms. The SMILES string of the molecule is COc1nc(C)nc2c1ncn2C1O[C@H](COP(=O)(N[C@@H](C)C(=O)OC2CCOCC2)Oc2cccc3ccccc23)[C@@H](O)[C@@]1(C)O. The number of nitrogens with zero attached hydrogens (tertiary/aromatic N) is 4. The lowest BCUT2D eigenvalue weighted by molar-refractivity contribution is -0.154. The van der Waals surface area contributed by atoms with Crippen LogP contribution in [0.2, 0.25) is 0 Å². The molecule has 4 heterocycles. The minimum Gasteiger partial charge on any atom is -0.479 e. The summed E-state index contributed by atoms with van der Waals surface area (Å²) in [5, 5.41) is 26.8. The van der Waals surface area contributed by atoms with Crippen LogP contribution in [-0.2, 0) is 28.1 Å². The molecule has 0 aliphatic carbocycles. The molecule has 0 spiro atoms. The van der Waals surface area contributed by atoms with Crippen LogP contribution in [0.3, 0.4) is 0 Å². The fourth-order valence-corrected chi connectivity index (χ4v) is 7.22. The number of carbonyl (C=O) groups is 1. The van der Waals surface area contributed by atoms with E-state index in [0.717, 1.165) is 5.39 Å². The topological polar surface area (TPSA) is 186 Å². The molecule has 2 unspecified atom stereocenters. The molecule has 2 aliphatic heterocycles. The molecule has 0 radical (unpaired) electrons. The Bertz CT molecular complexity index is 1790. The van der Waals surface area contributed by atoms with Crippen molar-refractivity contribution in [1.29, 1.82) is 0 Å². The predicted octanol–water partition coefficient (Wildman–Crippen LogP) is 3.21. The van der Waals surface area contributed by atoms with Crippen molar-refractivity contribution in [3.63, 3.8) is 0 Å². The van der Waals surface area contributed by atoms with Crippen molar-refractivity contribution in [2.75, 3.05) is 26.9 Å². The number of carbonyl (C=O) groups excluding carboxylic acids is 1. The maximum Gasteiger partial charge on any atom is 0.459 e. The Balaban J connectivity index is 1.24. The first-order chi connectivity index (χ1) is 22.5. The van der Waals surface area contributed by atoms with Crippen molar-refractivity contribution >= 4 is 35.7 Å². The van der Waals surface area contributed by atoms with Gasteiger partial charge in [-0.2, -0.15) is 10.1 Å². The summed E-state index contributed by atoms with van der Waals surface area (Å²) in [6, 6.07) is 11.5. The monoisotopic (exact) mass is 671 g/mol. The quantitative estimate of drug-likeness (QED) is 0.156. The van der Waals surface area contributed by atoms with Gasteiger partial charge in [0.15, 0.2) is 17.4 Å². The van der Waals surface area contributed by atoms with Crippen molar-refractivity contribution in [3.05, 3.63) is 54.6 Å². The normalized spacial score (nSPS) is 25.4. The first-order valence-electron chi connectivity index (χ1n) is 15.3. The highest BCUT2D eigenvalue weighted by atomic mass is 31.2. The Morgan fingerprint density at radius 3 is 2.70 bits per heavy atom. The number of aryl methyl sites for hydroxylation is 1. The average Bonchev–Trinajstić information content (AvgIpc) is 3.57. The third-order valence-electron chi connectivity index (χ3n) is 8.24. The number of fused-ring (bicyclic) bond motifs is 2. The zero-order valence-corrected chi connectivity index (χ0v) is 27.3. The molecule has 252 valence electrons. The first kappa shape index (κ1) is 33.2. The van der Waals surface area contributed by atoms with Crippen molar-refractivity contribution in [3.8, 4) is 11.6 Å². The maximum absolute atomic E-state index is 14.4. The highest BCUT2D eigenvalue weighted by Gasteiger charge is 2.54. The van der Waals surface area contributed by atoms with Crippen LogP contribution in [-0.4, -0.2) is 92.6 Å². The summed E-state index contributed by atoms with van der Waals surface area (Å²) in [6.45, 7) is 5.05. The van der Waals surface area contributed by atoms with Crippen molar-refractivity contribution in [2.24, 2.45) is 0 Å². The minimum atomic E-state index is -4.37. The van der Waals surface area contributed by atoms with Gasteiger partial charge >= 0.3 is 13.7 Å². The van der Waals surface area contributed by atoms with Gasteiger partial charge in [-0.05, 0) is 32.2 Å². The fraction of sp³-hybridized carbons (Fsp3) is 0.484. The summed E-state index contributed by atoms with van der Waals surface area (Å²) in [5.74, 6) is 0.250. The lowest BCUT2D eigenvalue weighted by atomic mass is 9.96. The molecular formula is C31H38N5O10P. The van der Waals surface area contributed by atoms with Crippen molar-refractivity contribution < 1.29 is 47.6 Å². The van der Waals surface area contributed by atoms with E-state index in [0.29, 0.717) is 48.4 Å². The molecular weight excluding hydrogens is 633 g/mol. The van der Waals surface area contributed by atoms with E-state index in [-0.39, 0.29) is 17.7 Å². The summed E-state index contributed by atoms with van der Waals surface area (Å²) in [7, 11) is -2.91. The fourth-order valence-electron chi connectivity index (χ4n) is 5.70. The molecule has 0 bridgehead atoms. The number of esters is 1. The molecule has 0 saturated carbocycles. The molecule has 2 aromatic carbocycles. The van der Waals surface area contributed by atoms with E-state index in [9.17, 15) is 19.6 Å². The Hall–Kier alpha value is -3.69. The summed E-state index contributed by atoms with van der Waals surface area (Å²) in [5.41, 5.74) is -1.20. The average molecular weight is 672 g/mol. The van der Waals surface area contributed by atoms with Crippen LogP contribution in [0.5, 0.6) is 11.6 Å². The third-order valence-corrected chi connectivity index (χ3v) is 9.86. The number of benzene rings is 2. The number of aliphatic hydroxyl groups is 2. The summed E-state index contributed by atoms with van der Waals surface area (Å²) in [4.78, 5) is 26.0. The second-order valence-electron chi connectivity index (χ2n) is 11.8.